The minimum atomic E-state index is -1.41. The first-order chi connectivity index (χ1) is 10.6. The highest BCUT2D eigenvalue weighted by Crippen LogP contribution is 2.26. The largest absolute Gasteiger partial charge is 0.376 e. The molecular weight excluding hydrogens is 300 g/mol. The lowest BCUT2D eigenvalue weighted by molar-refractivity contribution is -0.110. The molecular formula is C15H10N4O2S. The van der Waals surface area contributed by atoms with E-state index in [9.17, 15) is 9.90 Å². The Morgan fingerprint density at radius 1 is 1.23 bits per heavy atom. The Morgan fingerprint density at radius 3 is 2.86 bits per heavy atom. The summed E-state index contributed by atoms with van der Waals surface area (Å²) in [4.78, 5) is 15.4. The van der Waals surface area contributed by atoms with Crippen LogP contribution in [0.25, 0.3) is 15.9 Å². The summed E-state index contributed by atoms with van der Waals surface area (Å²) in [5.74, 6) is -0.161. The molecule has 7 heteroatoms. The third kappa shape index (κ3) is 2.07. The highest BCUT2D eigenvalue weighted by atomic mass is 32.1. The van der Waals surface area contributed by atoms with Crippen molar-refractivity contribution in [1.82, 2.24) is 20.0 Å². The molecule has 1 aliphatic carbocycles. The summed E-state index contributed by atoms with van der Waals surface area (Å²) in [6, 6.07) is 5.79. The third-order valence-electron chi connectivity index (χ3n) is 3.49. The molecule has 0 aliphatic heterocycles. The number of nitrogens with zero attached hydrogens (tertiary/aromatic N) is 4. The maximum atomic E-state index is 11.2. The Bertz CT molecular complexity index is 922. The van der Waals surface area contributed by atoms with E-state index >= 15 is 0 Å². The van der Waals surface area contributed by atoms with Crippen LogP contribution in [0.5, 0.6) is 0 Å². The molecule has 6 nitrogen and oxygen atoms in total. The Morgan fingerprint density at radius 2 is 2.05 bits per heavy atom. The number of fused-ring (bicyclic) bond motifs is 1. The fourth-order valence-corrected chi connectivity index (χ4v) is 2.92. The van der Waals surface area contributed by atoms with E-state index in [0.29, 0.717) is 5.69 Å². The molecule has 2 heterocycles. The summed E-state index contributed by atoms with van der Waals surface area (Å²) < 4.78 is 2.67. The van der Waals surface area contributed by atoms with Crippen LogP contribution in [-0.2, 0) is 10.4 Å². The van der Waals surface area contributed by atoms with Crippen molar-refractivity contribution in [3.63, 3.8) is 0 Å². The second-order valence-corrected chi connectivity index (χ2v) is 5.83. The Kier molecular flexibility index (Phi) is 2.78. The lowest BCUT2D eigenvalue weighted by Crippen LogP contribution is -2.23. The van der Waals surface area contributed by atoms with Crippen LogP contribution in [0.3, 0.4) is 0 Å². The van der Waals surface area contributed by atoms with Crippen LogP contribution < -0.4 is 0 Å². The number of ketones is 1. The van der Waals surface area contributed by atoms with Gasteiger partial charge in [-0.3, -0.25) is 4.79 Å². The van der Waals surface area contributed by atoms with Crippen LogP contribution in [0.1, 0.15) is 5.69 Å². The van der Waals surface area contributed by atoms with Crippen LogP contribution in [-0.4, -0.2) is 30.9 Å². The van der Waals surface area contributed by atoms with Gasteiger partial charge in [-0.15, -0.1) is 16.4 Å². The van der Waals surface area contributed by atoms with Gasteiger partial charge in [0.25, 0.3) is 0 Å². The van der Waals surface area contributed by atoms with E-state index in [-0.39, 0.29) is 5.78 Å². The first-order valence-electron chi connectivity index (χ1n) is 6.55. The molecule has 22 heavy (non-hydrogen) atoms. The van der Waals surface area contributed by atoms with Crippen LogP contribution in [0.15, 0.2) is 54.2 Å². The zero-order valence-corrected chi connectivity index (χ0v) is 12.1. The smallest absolute Gasteiger partial charge is 0.178 e. The van der Waals surface area contributed by atoms with Gasteiger partial charge in [0.1, 0.15) is 11.3 Å². The standard InChI is InChI=1S/C15H10N4O2S/c20-11-3-5-15(21,6-4-11)14-8-19(18-17-14)10-1-2-13-12(7-10)16-9-22-13/h1-9,21H. The molecule has 0 unspecified atom stereocenters. The second-order valence-electron chi connectivity index (χ2n) is 4.95. The lowest BCUT2D eigenvalue weighted by Gasteiger charge is -2.18. The van der Waals surface area contributed by atoms with Crippen molar-refractivity contribution in [3.05, 3.63) is 59.9 Å². The summed E-state index contributed by atoms with van der Waals surface area (Å²) in [5, 5.41) is 18.6. The molecule has 2 aromatic heterocycles. The monoisotopic (exact) mass is 310 g/mol. The van der Waals surface area contributed by atoms with E-state index in [1.807, 2.05) is 18.2 Å². The zero-order valence-electron chi connectivity index (χ0n) is 11.2. The van der Waals surface area contributed by atoms with Crippen LogP contribution >= 0.6 is 11.3 Å². The maximum absolute atomic E-state index is 11.2. The van der Waals surface area contributed by atoms with Crippen molar-refractivity contribution in [3.8, 4) is 5.69 Å². The fraction of sp³-hybridized carbons (Fsp3) is 0.0667. The van der Waals surface area contributed by atoms with Crippen molar-refractivity contribution in [2.24, 2.45) is 0 Å². The number of benzene rings is 1. The average Bonchev–Trinajstić information content (AvgIpc) is 3.18. The Hall–Kier alpha value is -2.64. The van der Waals surface area contributed by atoms with Crippen LogP contribution in [0.4, 0.5) is 0 Å². The predicted octanol–water partition coefficient (Wildman–Crippen LogP) is 1.76. The number of allylic oxidation sites excluding steroid dienone is 2. The number of carbonyl (C=O) groups is 1. The van der Waals surface area contributed by atoms with Gasteiger partial charge in [-0.1, -0.05) is 5.21 Å². The van der Waals surface area contributed by atoms with E-state index in [4.69, 9.17) is 0 Å². The minimum absolute atomic E-state index is 0.161. The number of aliphatic hydroxyl groups is 1. The highest BCUT2D eigenvalue weighted by Gasteiger charge is 2.29. The molecule has 1 aliphatic rings. The SMILES string of the molecule is O=C1C=CC(O)(c2cn(-c3ccc4scnc4c3)nn2)C=C1. The molecule has 1 N–H and O–H groups in total. The van der Waals surface area contributed by atoms with Crippen molar-refractivity contribution >= 4 is 27.3 Å². The van der Waals surface area contributed by atoms with Crippen molar-refractivity contribution < 1.29 is 9.90 Å². The number of carbonyl (C=O) groups excluding carboxylic acids is 1. The number of aromatic nitrogens is 4. The van der Waals surface area contributed by atoms with Gasteiger partial charge in [0.15, 0.2) is 5.78 Å². The number of thiazole rings is 1. The molecule has 0 radical (unpaired) electrons. The van der Waals surface area contributed by atoms with E-state index in [1.165, 1.54) is 24.3 Å². The quantitative estimate of drug-likeness (QED) is 0.780. The van der Waals surface area contributed by atoms with Crippen LogP contribution in [0.2, 0.25) is 0 Å². The van der Waals surface area contributed by atoms with E-state index in [0.717, 1.165) is 15.9 Å². The van der Waals surface area contributed by atoms with E-state index in [2.05, 4.69) is 15.3 Å². The molecule has 3 aromatic rings. The summed E-state index contributed by atoms with van der Waals surface area (Å²) in [6.07, 6.45) is 7.10. The molecule has 0 saturated heterocycles. The Balaban J connectivity index is 1.73. The van der Waals surface area contributed by atoms with Gasteiger partial charge >= 0.3 is 0 Å². The zero-order chi connectivity index (χ0) is 15.2. The van der Waals surface area contributed by atoms with Crippen LogP contribution in [0, 0.1) is 0 Å². The Labute approximate surface area is 129 Å². The van der Waals surface area contributed by atoms with Gasteiger partial charge in [0, 0.05) is 0 Å². The number of rotatable bonds is 2. The van der Waals surface area contributed by atoms with Gasteiger partial charge in [-0.05, 0) is 42.5 Å². The molecule has 1 aromatic carbocycles. The number of hydrogen-bond donors (Lipinski definition) is 1. The van der Waals surface area contributed by atoms with Gasteiger partial charge < -0.3 is 5.11 Å². The molecule has 0 spiro atoms. The number of hydrogen-bond acceptors (Lipinski definition) is 6. The molecule has 4 rings (SSSR count). The molecule has 0 bridgehead atoms. The molecule has 0 saturated carbocycles. The molecule has 0 fully saturated rings. The second kappa shape index (κ2) is 4.69. The van der Waals surface area contributed by atoms with Crippen molar-refractivity contribution in [2.75, 3.05) is 0 Å². The van der Waals surface area contributed by atoms with E-state index in [1.54, 1.807) is 27.7 Å². The highest BCUT2D eigenvalue weighted by molar-refractivity contribution is 7.16. The van der Waals surface area contributed by atoms with Gasteiger partial charge in [0.05, 0.1) is 27.6 Å². The summed E-state index contributed by atoms with van der Waals surface area (Å²) in [7, 11) is 0. The van der Waals surface area contributed by atoms with Gasteiger partial charge in [-0.25, -0.2) is 9.67 Å². The topological polar surface area (TPSA) is 80.9 Å². The molecule has 0 atom stereocenters. The predicted molar refractivity (Wildman–Crippen MR) is 81.7 cm³/mol. The normalized spacial score (nSPS) is 16.5. The van der Waals surface area contributed by atoms with Gasteiger partial charge in [-0.2, -0.15) is 0 Å². The molecule has 108 valence electrons. The summed E-state index contributed by atoms with van der Waals surface area (Å²) >= 11 is 1.57. The third-order valence-corrected chi connectivity index (χ3v) is 4.30. The molecule has 0 amide bonds. The summed E-state index contributed by atoms with van der Waals surface area (Å²) in [6.45, 7) is 0. The average molecular weight is 310 g/mol. The first kappa shape index (κ1) is 13.1. The van der Waals surface area contributed by atoms with Gasteiger partial charge in [0.2, 0.25) is 0 Å². The lowest BCUT2D eigenvalue weighted by atomic mass is 9.95. The van der Waals surface area contributed by atoms with Crippen molar-refractivity contribution in [1.29, 1.82) is 0 Å². The fourth-order valence-electron chi connectivity index (χ4n) is 2.26. The van der Waals surface area contributed by atoms with Crippen molar-refractivity contribution in [2.45, 2.75) is 5.60 Å². The summed E-state index contributed by atoms with van der Waals surface area (Å²) in [5.41, 5.74) is 2.43. The van der Waals surface area contributed by atoms with E-state index < -0.39 is 5.60 Å². The minimum Gasteiger partial charge on any atom is -0.376 e. The first-order valence-corrected chi connectivity index (χ1v) is 7.43. The maximum Gasteiger partial charge on any atom is 0.178 e.